The van der Waals surface area contributed by atoms with E-state index >= 15 is 0 Å². The molecule has 9 heteroatoms. The number of rotatable bonds is 14. The molecule has 0 unspecified atom stereocenters. The number of carbonyl (C=O) groups is 2. The molecule has 3 aromatic rings. The van der Waals surface area contributed by atoms with E-state index in [1.165, 1.54) is 4.90 Å². The molecule has 1 N–H and O–H groups in total. The minimum Gasteiger partial charge on any atom is -0.497 e. The molecule has 3 aromatic carbocycles. The fraction of sp³-hybridized carbons (Fsp3) is 0.355. The third-order valence-corrected chi connectivity index (χ3v) is 7.75. The minimum absolute atomic E-state index is 0.0973. The topological polar surface area (TPSA) is 96.0 Å². The van der Waals surface area contributed by atoms with Crippen molar-refractivity contribution in [1.82, 2.24) is 10.2 Å². The number of nitrogens with one attached hydrogen (secondary N) is 1. The molecule has 0 aliphatic rings. The van der Waals surface area contributed by atoms with Crippen LogP contribution in [0.2, 0.25) is 0 Å². The zero-order chi connectivity index (χ0) is 29.1. The summed E-state index contributed by atoms with van der Waals surface area (Å²) < 4.78 is 32.5. The van der Waals surface area contributed by atoms with E-state index in [2.05, 4.69) is 5.32 Å². The summed E-state index contributed by atoms with van der Waals surface area (Å²) in [6.45, 7) is 4.02. The van der Waals surface area contributed by atoms with Gasteiger partial charge in [0.15, 0.2) is 0 Å². The summed E-state index contributed by atoms with van der Waals surface area (Å²) in [7, 11) is -2.25. The average Bonchev–Trinajstić information content (AvgIpc) is 2.96. The Labute approximate surface area is 238 Å². The van der Waals surface area contributed by atoms with Crippen LogP contribution in [0.15, 0.2) is 78.9 Å². The standard InChI is InChI=1S/C31H39N3O5S/c1-5-19-32-31(36)29(21-24-13-8-7-9-14-24)33(22-25-15-12-17-27(20-25)39-3)30(35)23-34(40(4,37)38)28-18-11-10-16-26(28)6-2/h7-18,20,29H,5-6,19,21-23H2,1-4H3,(H,32,36)/t29-/m0/s1. The second-order valence-corrected chi connectivity index (χ2v) is 11.5. The predicted octanol–water partition coefficient (Wildman–Crippen LogP) is 4.19. The number of para-hydroxylation sites is 1. The third kappa shape index (κ3) is 8.32. The normalized spacial score (nSPS) is 11.9. The van der Waals surface area contributed by atoms with Crippen LogP contribution < -0.4 is 14.4 Å². The summed E-state index contributed by atoms with van der Waals surface area (Å²) in [5.74, 6) is -0.150. The second kappa shape index (κ2) is 14.5. The quantitative estimate of drug-likeness (QED) is 0.316. The van der Waals surface area contributed by atoms with Crippen molar-refractivity contribution in [3.63, 3.8) is 0 Å². The first-order valence-corrected chi connectivity index (χ1v) is 15.3. The summed E-state index contributed by atoms with van der Waals surface area (Å²) in [6.07, 6.45) is 2.70. The monoisotopic (exact) mass is 565 g/mol. The van der Waals surface area contributed by atoms with E-state index in [9.17, 15) is 18.0 Å². The van der Waals surface area contributed by atoms with Crippen molar-refractivity contribution in [3.8, 4) is 5.75 Å². The Bertz CT molecular complexity index is 1380. The van der Waals surface area contributed by atoms with Crippen LogP contribution >= 0.6 is 0 Å². The Balaban J connectivity index is 2.07. The van der Waals surface area contributed by atoms with E-state index in [0.29, 0.717) is 24.4 Å². The van der Waals surface area contributed by atoms with Crippen LogP contribution in [-0.2, 0) is 39.0 Å². The van der Waals surface area contributed by atoms with Crippen molar-refractivity contribution in [2.75, 3.05) is 30.8 Å². The smallest absolute Gasteiger partial charge is 0.244 e. The Morgan fingerprint density at radius 2 is 1.60 bits per heavy atom. The number of anilines is 1. The van der Waals surface area contributed by atoms with Crippen molar-refractivity contribution < 1.29 is 22.7 Å². The number of hydrogen-bond acceptors (Lipinski definition) is 5. The Morgan fingerprint density at radius 1 is 0.925 bits per heavy atom. The number of benzene rings is 3. The van der Waals surface area contributed by atoms with Gasteiger partial charge in [0.25, 0.3) is 0 Å². The van der Waals surface area contributed by atoms with Gasteiger partial charge in [-0.2, -0.15) is 0 Å². The molecule has 0 radical (unpaired) electrons. The van der Waals surface area contributed by atoms with Gasteiger partial charge in [0, 0.05) is 19.5 Å². The molecule has 3 rings (SSSR count). The number of methoxy groups -OCH3 is 1. The van der Waals surface area contributed by atoms with E-state index in [1.54, 1.807) is 25.3 Å². The molecule has 0 aliphatic heterocycles. The number of hydrogen-bond donors (Lipinski definition) is 1. The Kier molecular flexibility index (Phi) is 11.1. The summed E-state index contributed by atoms with van der Waals surface area (Å²) in [6, 6.07) is 23.1. The SMILES string of the molecule is CCCNC(=O)[C@H](Cc1ccccc1)N(Cc1cccc(OC)c1)C(=O)CN(c1ccccc1CC)S(C)(=O)=O. The minimum atomic E-state index is -3.82. The number of amides is 2. The van der Waals surface area contributed by atoms with Crippen LogP contribution in [0.4, 0.5) is 5.69 Å². The molecule has 0 saturated carbocycles. The summed E-state index contributed by atoms with van der Waals surface area (Å²) in [5, 5.41) is 2.94. The fourth-order valence-corrected chi connectivity index (χ4v) is 5.42. The van der Waals surface area contributed by atoms with E-state index in [4.69, 9.17) is 4.74 Å². The van der Waals surface area contributed by atoms with Gasteiger partial charge in [0.2, 0.25) is 21.8 Å². The van der Waals surface area contributed by atoms with Crippen molar-refractivity contribution in [2.24, 2.45) is 0 Å². The van der Waals surface area contributed by atoms with Crippen LogP contribution in [-0.4, -0.2) is 57.6 Å². The predicted molar refractivity (Wildman–Crippen MR) is 159 cm³/mol. The largest absolute Gasteiger partial charge is 0.497 e. The van der Waals surface area contributed by atoms with Gasteiger partial charge in [0.1, 0.15) is 18.3 Å². The third-order valence-electron chi connectivity index (χ3n) is 6.63. The van der Waals surface area contributed by atoms with Crippen LogP contribution in [0.1, 0.15) is 37.0 Å². The van der Waals surface area contributed by atoms with Gasteiger partial charge in [-0.05, 0) is 47.7 Å². The molecule has 8 nitrogen and oxygen atoms in total. The summed E-state index contributed by atoms with van der Waals surface area (Å²) in [4.78, 5) is 29.2. The first kappa shape index (κ1) is 30.7. The van der Waals surface area contributed by atoms with Gasteiger partial charge in [-0.1, -0.05) is 74.5 Å². The molecule has 0 fully saturated rings. The average molecular weight is 566 g/mol. The Hall–Kier alpha value is -3.85. The zero-order valence-electron chi connectivity index (χ0n) is 23.7. The highest BCUT2D eigenvalue weighted by molar-refractivity contribution is 7.92. The first-order chi connectivity index (χ1) is 19.2. The van der Waals surface area contributed by atoms with Gasteiger partial charge < -0.3 is 15.0 Å². The maximum Gasteiger partial charge on any atom is 0.244 e. The van der Waals surface area contributed by atoms with Crippen LogP contribution in [0, 0.1) is 0 Å². The molecule has 1 atom stereocenters. The van der Waals surface area contributed by atoms with E-state index in [0.717, 1.165) is 33.7 Å². The highest BCUT2D eigenvalue weighted by atomic mass is 32.2. The molecule has 214 valence electrons. The Morgan fingerprint density at radius 3 is 2.25 bits per heavy atom. The van der Waals surface area contributed by atoms with Crippen molar-refractivity contribution >= 4 is 27.5 Å². The highest BCUT2D eigenvalue weighted by Gasteiger charge is 2.33. The van der Waals surface area contributed by atoms with Crippen LogP contribution in [0.3, 0.4) is 0 Å². The molecule has 0 heterocycles. The first-order valence-electron chi connectivity index (χ1n) is 13.5. The van der Waals surface area contributed by atoms with Crippen LogP contribution in [0.5, 0.6) is 5.75 Å². The molecule has 0 saturated heterocycles. The molecule has 0 aromatic heterocycles. The van der Waals surface area contributed by atoms with E-state index < -0.39 is 28.5 Å². The maximum atomic E-state index is 14.2. The molecule has 2 amide bonds. The van der Waals surface area contributed by atoms with Crippen molar-refractivity contribution in [3.05, 3.63) is 95.6 Å². The second-order valence-electron chi connectivity index (χ2n) is 9.62. The molecular weight excluding hydrogens is 526 g/mol. The fourth-order valence-electron chi connectivity index (χ4n) is 4.54. The molecule has 40 heavy (non-hydrogen) atoms. The lowest BCUT2D eigenvalue weighted by molar-refractivity contribution is -0.140. The van der Waals surface area contributed by atoms with Crippen LogP contribution in [0.25, 0.3) is 0 Å². The van der Waals surface area contributed by atoms with Gasteiger partial charge in [-0.15, -0.1) is 0 Å². The summed E-state index contributed by atoms with van der Waals surface area (Å²) in [5.41, 5.74) is 2.91. The van der Waals surface area contributed by atoms with Crippen molar-refractivity contribution in [1.29, 1.82) is 0 Å². The van der Waals surface area contributed by atoms with Gasteiger partial charge in [0.05, 0.1) is 19.1 Å². The lowest BCUT2D eigenvalue weighted by Crippen LogP contribution is -2.53. The maximum absolute atomic E-state index is 14.2. The number of sulfonamides is 1. The number of ether oxygens (including phenoxy) is 1. The lowest BCUT2D eigenvalue weighted by atomic mass is 10.0. The van der Waals surface area contributed by atoms with Gasteiger partial charge >= 0.3 is 0 Å². The zero-order valence-corrected chi connectivity index (χ0v) is 24.5. The molecular formula is C31H39N3O5S. The van der Waals surface area contributed by atoms with E-state index in [1.807, 2.05) is 74.5 Å². The number of aryl methyl sites for hydroxylation is 1. The summed E-state index contributed by atoms with van der Waals surface area (Å²) >= 11 is 0. The highest BCUT2D eigenvalue weighted by Crippen LogP contribution is 2.25. The van der Waals surface area contributed by atoms with Gasteiger partial charge in [-0.25, -0.2) is 8.42 Å². The van der Waals surface area contributed by atoms with Crippen molar-refractivity contribution in [2.45, 2.75) is 45.7 Å². The molecule has 0 bridgehead atoms. The molecule has 0 spiro atoms. The number of carbonyl (C=O) groups excluding carboxylic acids is 2. The number of nitrogens with zero attached hydrogens (tertiary/aromatic N) is 2. The lowest BCUT2D eigenvalue weighted by Gasteiger charge is -2.34. The van der Waals surface area contributed by atoms with Gasteiger partial charge in [-0.3, -0.25) is 13.9 Å². The molecule has 0 aliphatic carbocycles. The van der Waals surface area contributed by atoms with E-state index in [-0.39, 0.29) is 18.9 Å².